The molecular weight excluding hydrogens is 356 g/mol. The van der Waals surface area contributed by atoms with E-state index >= 15 is 0 Å². The molecule has 1 aromatic rings. The van der Waals surface area contributed by atoms with Crippen molar-refractivity contribution in [3.8, 4) is 0 Å². The van der Waals surface area contributed by atoms with E-state index < -0.39 is 0 Å². The smallest absolute Gasteiger partial charge is 0.0383 e. The van der Waals surface area contributed by atoms with E-state index in [0.29, 0.717) is 6.04 Å². The van der Waals surface area contributed by atoms with Gasteiger partial charge in [0.1, 0.15) is 0 Å². The van der Waals surface area contributed by atoms with Crippen molar-refractivity contribution >= 4 is 31.9 Å². The van der Waals surface area contributed by atoms with Crippen LogP contribution in [0.2, 0.25) is 0 Å². The lowest BCUT2D eigenvalue weighted by Gasteiger charge is -2.35. The van der Waals surface area contributed by atoms with Crippen LogP contribution in [0.1, 0.15) is 18.0 Å². The SMILES string of the molecule is C=CC[C@@H](c1ccc(Br)c(Br)c1)N1CCNCC1. The van der Waals surface area contributed by atoms with Gasteiger partial charge in [0.2, 0.25) is 0 Å². The van der Waals surface area contributed by atoms with Crippen LogP contribution in [0.3, 0.4) is 0 Å². The summed E-state index contributed by atoms with van der Waals surface area (Å²) in [5, 5.41) is 3.40. The summed E-state index contributed by atoms with van der Waals surface area (Å²) in [4.78, 5) is 2.54. The molecule has 18 heavy (non-hydrogen) atoms. The molecule has 0 unspecified atom stereocenters. The maximum Gasteiger partial charge on any atom is 0.0383 e. The van der Waals surface area contributed by atoms with Gasteiger partial charge in [-0.2, -0.15) is 0 Å². The summed E-state index contributed by atoms with van der Waals surface area (Å²) in [6.45, 7) is 8.25. The quantitative estimate of drug-likeness (QED) is 0.809. The Balaban J connectivity index is 2.22. The molecule has 0 radical (unpaired) electrons. The summed E-state index contributed by atoms with van der Waals surface area (Å²) in [7, 11) is 0. The van der Waals surface area contributed by atoms with Crippen molar-refractivity contribution in [1.82, 2.24) is 10.2 Å². The molecular formula is C14H18Br2N2. The number of hydrogen-bond donors (Lipinski definition) is 1. The normalized spacial score (nSPS) is 18.6. The summed E-state index contributed by atoms with van der Waals surface area (Å²) in [6.07, 6.45) is 3.01. The summed E-state index contributed by atoms with van der Waals surface area (Å²) >= 11 is 7.11. The van der Waals surface area contributed by atoms with Gasteiger partial charge in [-0.1, -0.05) is 12.1 Å². The lowest BCUT2D eigenvalue weighted by Crippen LogP contribution is -2.45. The fourth-order valence-electron chi connectivity index (χ4n) is 2.37. The third kappa shape index (κ3) is 3.44. The number of hydrogen-bond acceptors (Lipinski definition) is 2. The molecule has 1 atom stereocenters. The maximum absolute atomic E-state index is 3.90. The molecule has 1 aliphatic heterocycles. The van der Waals surface area contributed by atoms with E-state index in [0.717, 1.165) is 41.5 Å². The zero-order valence-electron chi connectivity index (χ0n) is 10.3. The van der Waals surface area contributed by atoms with Gasteiger partial charge in [-0.25, -0.2) is 0 Å². The van der Waals surface area contributed by atoms with E-state index in [2.05, 4.69) is 66.9 Å². The molecule has 98 valence electrons. The average Bonchev–Trinajstić information content (AvgIpc) is 2.40. The zero-order chi connectivity index (χ0) is 13.0. The van der Waals surface area contributed by atoms with Crippen molar-refractivity contribution in [3.63, 3.8) is 0 Å². The second-order valence-corrected chi connectivity index (χ2v) is 6.21. The first-order valence-corrected chi connectivity index (χ1v) is 7.81. The van der Waals surface area contributed by atoms with Crippen molar-refractivity contribution in [2.75, 3.05) is 26.2 Å². The van der Waals surface area contributed by atoms with Gasteiger partial charge in [0.15, 0.2) is 0 Å². The molecule has 1 aliphatic rings. The van der Waals surface area contributed by atoms with Crippen LogP contribution in [0.5, 0.6) is 0 Å². The number of halogens is 2. The maximum atomic E-state index is 3.90. The first kappa shape index (κ1) is 14.3. The molecule has 1 N–H and O–H groups in total. The lowest BCUT2D eigenvalue weighted by atomic mass is 10.0. The monoisotopic (exact) mass is 372 g/mol. The molecule has 0 saturated carbocycles. The molecule has 0 aliphatic carbocycles. The zero-order valence-corrected chi connectivity index (χ0v) is 13.5. The van der Waals surface area contributed by atoms with Crippen LogP contribution in [0.25, 0.3) is 0 Å². The molecule has 0 aromatic heterocycles. The highest BCUT2D eigenvalue weighted by molar-refractivity contribution is 9.13. The number of nitrogens with one attached hydrogen (secondary N) is 1. The van der Waals surface area contributed by atoms with Crippen LogP contribution >= 0.6 is 31.9 Å². The van der Waals surface area contributed by atoms with E-state index in [1.54, 1.807) is 0 Å². The van der Waals surface area contributed by atoms with Crippen LogP contribution in [-0.2, 0) is 0 Å². The Morgan fingerprint density at radius 3 is 2.61 bits per heavy atom. The Kier molecular flexibility index (Phi) is 5.42. The van der Waals surface area contributed by atoms with Gasteiger partial charge < -0.3 is 5.32 Å². The minimum atomic E-state index is 0.439. The Morgan fingerprint density at radius 1 is 1.28 bits per heavy atom. The fraction of sp³-hybridized carbons (Fsp3) is 0.429. The van der Waals surface area contributed by atoms with Gasteiger partial charge in [-0.15, -0.1) is 6.58 Å². The summed E-state index contributed by atoms with van der Waals surface area (Å²) in [5.74, 6) is 0. The van der Waals surface area contributed by atoms with Gasteiger partial charge in [-0.05, 0) is 56.0 Å². The summed E-state index contributed by atoms with van der Waals surface area (Å²) in [6, 6.07) is 6.96. The molecule has 1 fully saturated rings. The van der Waals surface area contributed by atoms with Crippen LogP contribution in [0.4, 0.5) is 0 Å². The molecule has 2 rings (SSSR count). The molecule has 4 heteroatoms. The van der Waals surface area contributed by atoms with E-state index in [9.17, 15) is 0 Å². The number of nitrogens with zero attached hydrogens (tertiary/aromatic N) is 1. The van der Waals surface area contributed by atoms with Crippen molar-refractivity contribution in [3.05, 3.63) is 45.4 Å². The molecule has 2 nitrogen and oxygen atoms in total. The molecule has 1 saturated heterocycles. The highest BCUT2D eigenvalue weighted by Gasteiger charge is 2.21. The topological polar surface area (TPSA) is 15.3 Å². The third-order valence-electron chi connectivity index (χ3n) is 3.31. The highest BCUT2D eigenvalue weighted by Crippen LogP contribution is 2.31. The second kappa shape index (κ2) is 6.85. The molecule has 0 spiro atoms. The van der Waals surface area contributed by atoms with Crippen molar-refractivity contribution in [2.45, 2.75) is 12.5 Å². The van der Waals surface area contributed by atoms with Crippen molar-refractivity contribution < 1.29 is 0 Å². The van der Waals surface area contributed by atoms with E-state index in [4.69, 9.17) is 0 Å². The Labute approximate surface area is 126 Å². The number of benzene rings is 1. The predicted octanol–water partition coefficient (Wildman–Crippen LogP) is 3.73. The standard InChI is InChI=1S/C14H18Br2N2/c1-2-3-14(18-8-6-17-7-9-18)11-4-5-12(15)13(16)10-11/h2,4-5,10,14,17H,1,3,6-9H2/t14-/m0/s1. The van der Waals surface area contributed by atoms with Crippen molar-refractivity contribution in [2.24, 2.45) is 0 Å². The van der Waals surface area contributed by atoms with Gasteiger partial charge in [0.05, 0.1) is 0 Å². The van der Waals surface area contributed by atoms with Gasteiger partial charge in [-0.3, -0.25) is 4.90 Å². The van der Waals surface area contributed by atoms with Crippen molar-refractivity contribution in [1.29, 1.82) is 0 Å². The highest BCUT2D eigenvalue weighted by atomic mass is 79.9. The predicted molar refractivity (Wildman–Crippen MR) is 83.8 cm³/mol. The van der Waals surface area contributed by atoms with Crippen LogP contribution < -0.4 is 5.32 Å². The number of rotatable bonds is 4. The van der Waals surface area contributed by atoms with Crippen LogP contribution in [0, 0.1) is 0 Å². The first-order chi connectivity index (χ1) is 8.72. The van der Waals surface area contributed by atoms with E-state index in [-0.39, 0.29) is 0 Å². The third-order valence-corrected chi connectivity index (χ3v) is 5.19. The Hall–Kier alpha value is -0.160. The minimum Gasteiger partial charge on any atom is -0.314 e. The summed E-state index contributed by atoms with van der Waals surface area (Å²) < 4.78 is 2.22. The van der Waals surface area contributed by atoms with Crippen LogP contribution in [0.15, 0.2) is 39.8 Å². The molecule has 0 bridgehead atoms. The van der Waals surface area contributed by atoms with Gasteiger partial charge in [0, 0.05) is 41.2 Å². The summed E-state index contributed by atoms with van der Waals surface area (Å²) in [5.41, 5.74) is 1.35. The first-order valence-electron chi connectivity index (χ1n) is 6.23. The van der Waals surface area contributed by atoms with Gasteiger partial charge >= 0.3 is 0 Å². The Bertz CT molecular complexity index is 414. The average molecular weight is 374 g/mol. The minimum absolute atomic E-state index is 0.439. The molecule has 0 amide bonds. The molecule has 1 heterocycles. The Morgan fingerprint density at radius 2 is 2.00 bits per heavy atom. The van der Waals surface area contributed by atoms with E-state index in [1.165, 1.54) is 5.56 Å². The van der Waals surface area contributed by atoms with E-state index in [1.807, 2.05) is 6.08 Å². The van der Waals surface area contributed by atoms with Gasteiger partial charge in [0.25, 0.3) is 0 Å². The number of piperazine rings is 1. The van der Waals surface area contributed by atoms with Crippen LogP contribution in [-0.4, -0.2) is 31.1 Å². The fourth-order valence-corrected chi connectivity index (χ4v) is 3.01. The second-order valence-electron chi connectivity index (χ2n) is 4.50. The largest absolute Gasteiger partial charge is 0.314 e. The lowest BCUT2D eigenvalue weighted by molar-refractivity contribution is 0.174. The molecule has 1 aromatic carbocycles.